The van der Waals surface area contributed by atoms with E-state index in [1.54, 1.807) is 0 Å². The van der Waals surface area contributed by atoms with Gasteiger partial charge in [-0.05, 0) is 25.6 Å². The maximum Gasteiger partial charge on any atom is 0.412 e. The fraction of sp³-hybridized carbons (Fsp3) is 0.462. The molecule has 0 aromatic carbocycles. The van der Waals surface area contributed by atoms with Crippen molar-refractivity contribution in [2.45, 2.75) is 19.1 Å². The molecule has 0 saturated heterocycles. The molecule has 0 radical (unpaired) electrons. The summed E-state index contributed by atoms with van der Waals surface area (Å²) in [6, 6.07) is 5.59. The molecule has 1 aromatic heterocycles. The van der Waals surface area contributed by atoms with Crippen molar-refractivity contribution >= 4 is 5.82 Å². The van der Waals surface area contributed by atoms with E-state index >= 15 is 0 Å². The normalized spacial score (nSPS) is 16.4. The summed E-state index contributed by atoms with van der Waals surface area (Å²) >= 11 is 0. The second-order valence-corrected chi connectivity index (χ2v) is 4.44. The van der Waals surface area contributed by atoms with Crippen molar-refractivity contribution in [1.29, 1.82) is 0 Å². The minimum atomic E-state index is -4.20. The van der Waals surface area contributed by atoms with Crippen LogP contribution in [0.1, 0.15) is 12.1 Å². The standard InChI is InChI=1S/C13H16F3N3/c1-17-9-11-3-2-4-12(18-11)19-7-5-10(6-8-19)13(14,15)16/h2-5,17H,6-9H2,1H3. The summed E-state index contributed by atoms with van der Waals surface area (Å²) in [4.78, 5) is 6.28. The highest BCUT2D eigenvalue weighted by Gasteiger charge is 2.34. The van der Waals surface area contributed by atoms with E-state index in [-0.39, 0.29) is 13.0 Å². The number of nitrogens with one attached hydrogen (secondary N) is 1. The Morgan fingerprint density at radius 2 is 2.16 bits per heavy atom. The van der Waals surface area contributed by atoms with Gasteiger partial charge >= 0.3 is 6.18 Å². The van der Waals surface area contributed by atoms with Gasteiger partial charge in [-0.1, -0.05) is 12.1 Å². The maximum atomic E-state index is 12.5. The second-order valence-electron chi connectivity index (χ2n) is 4.44. The Labute approximate surface area is 110 Å². The van der Waals surface area contributed by atoms with Crippen LogP contribution in [0, 0.1) is 0 Å². The summed E-state index contributed by atoms with van der Waals surface area (Å²) < 4.78 is 37.6. The van der Waals surface area contributed by atoms with Gasteiger partial charge in [-0.3, -0.25) is 0 Å². The number of rotatable bonds is 3. The highest BCUT2D eigenvalue weighted by atomic mass is 19.4. The quantitative estimate of drug-likeness (QED) is 0.856. The van der Waals surface area contributed by atoms with Crippen molar-refractivity contribution in [3.05, 3.63) is 35.5 Å². The number of alkyl halides is 3. The smallest absolute Gasteiger partial charge is 0.353 e. The number of halogens is 3. The van der Waals surface area contributed by atoms with Crippen LogP contribution in [0.2, 0.25) is 0 Å². The van der Waals surface area contributed by atoms with Crippen LogP contribution >= 0.6 is 0 Å². The molecule has 0 aliphatic carbocycles. The lowest BCUT2D eigenvalue weighted by atomic mass is 10.1. The van der Waals surface area contributed by atoms with E-state index in [4.69, 9.17) is 0 Å². The van der Waals surface area contributed by atoms with Crippen molar-refractivity contribution in [1.82, 2.24) is 10.3 Å². The van der Waals surface area contributed by atoms with E-state index in [0.29, 0.717) is 13.1 Å². The number of hydrogen-bond donors (Lipinski definition) is 1. The molecule has 0 atom stereocenters. The third-order valence-electron chi connectivity index (χ3n) is 3.05. The van der Waals surface area contributed by atoms with Gasteiger partial charge in [0.2, 0.25) is 0 Å². The van der Waals surface area contributed by atoms with Gasteiger partial charge < -0.3 is 10.2 Å². The van der Waals surface area contributed by atoms with Gasteiger partial charge in [0, 0.05) is 25.2 Å². The first-order chi connectivity index (χ1) is 9.00. The number of pyridine rings is 1. The third-order valence-corrected chi connectivity index (χ3v) is 3.05. The van der Waals surface area contributed by atoms with Crippen molar-refractivity contribution in [2.24, 2.45) is 0 Å². The van der Waals surface area contributed by atoms with Crippen LogP contribution in [-0.2, 0) is 6.54 Å². The summed E-state index contributed by atoms with van der Waals surface area (Å²) in [6.07, 6.45) is -2.94. The molecule has 2 heterocycles. The molecule has 1 aliphatic heterocycles. The van der Waals surface area contributed by atoms with E-state index in [1.807, 2.05) is 30.1 Å². The Morgan fingerprint density at radius 1 is 1.37 bits per heavy atom. The highest BCUT2D eigenvalue weighted by molar-refractivity contribution is 5.42. The van der Waals surface area contributed by atoms with E-state index in [9.17, 15) is 13.2 Å². The first kappa shape index (κ1) is 13.9. The Balaban J connectivity index is 2.09. The maximum absolute atomic E-state index is 12.5. The van der Waals surface area contributed by atoms with Gasteiger partial charge in [0.05, 0.1) is 5.69 Å². The van der Waals surface area contributed by atoms with Crippen LogP contribution in [0.3, 0.4) is 0 Å². The Morgan fingerprint density at radius 3 is 2.74 bits per heavy atom. The molecule has 0 bridgehead atoms. The van der Waals surface area contributed by atoms with Gasteiger partial charge in [-0.15, -0.1) is 0 Å². The minimum absolute atomic E-state index is 0.0153. The molecule has 1 N–H and O–H groups in total. The van der Waals surface area contributed by atoms with Crippen LogP contribution in [0.25, 0.3) is 0 Å². The largest absolute Gasteiger partial charge is 0.412 e. The fourth-order valence-corrected chi connectivity index (χ4v) is 2.06. The summed E-state index contributed by atoms with van der Waals surface area (Å²) in [5.41, 5.74) is 0.445. The van der Waals surface area contributed by atoms with E-state index in [1.165, 1.54) is 6.08 Å². The Hall–Kier alpha value is -1.56. The first-order valence-corrected chi connectivity index (χ1v) is 6.12. The lowest BCUT2D eigenvalue weighted by molar-refractivity contribution is -0.0944. The van der Waals surface area contributed by atoms with Gasteiger partial charge in [0.25, 0.3) is 0 Å². The van der Waals surface area contributed by atoms with Gasteiger partial charge in [0.1, 0.15) is 5.82 Å². The third kappa shape index (κ3) is 3.47. The topological polar surface area (TPSA) is 28.2 Å². The number of aromatic nitrogens is 1. The molecule has 0 saturated carbocycles. The minimum Gasteiger partial charge on any atom is -0.353 e. The first-order valence-electron chi connectivity index (χ1n) is 6.12. The molecule has 1 aliphatic rings. The van der Waals surface area contributed by atoms with Crippen LogP contribution < -0.4 is 10.2 Å². The van der Waals surface area contributed by atoms with Crippen molar-refractivity contribution in [3.8, 4) is 0 Å². The molecule has 0 fully saturated rings. The SMILES string of the molecule is CNCc1cccc(N2CC=C(C(F)(F)F)CC2)n1. The average Bonchev–Trinajstić information content (AvgIpc) is 2.39. The molecule has 0 spiro atoms. The molecule has 19 heavy (non-hydrogen) atoms. The van der Waals surface area contributed by atoms with Crippen molar-refractivity contribution in [2.75, 3.05) is 25.0 Å². The molecular weight excluding hydrogens is 255 g/mol. The van der Waals surface area contributed by atoms with Crippen LogP contribution in [0.4, 0.5) is 19.0 Å². The van der Waals surface area contributed by atoms with E-state index < -0.39 is 11.7 Å². The Bertz CT molecular complexity index is 468. The summed E-state index contributed by atoms with van der Waals surface area (Å²) in [5.74, 6) is 0.727. The molecule has 104 valence electrons. The molecule has 2 rings (SSSR count). The second kappa shape index (κ2) is 5.61. The number of anilines is 1. The molecular formula is C13H16F3N3. The van der Waals surface area contributed by atoms with Crippen LogP contribution in [0.5, 0.6) is 0 Å². The molecule has 1 aromatic rings. The zero-order valence-electron chi connectivity index (χ0n) is 10.7. The molecule has 6 heteroatoms. The summed E-state index contributed by atoms with van der Waals surface area (Å²) in [6.45, 7) is 1.25. The van der Waals surface area contributed by atoms with Crippen molar-refractivity contribution < 1.29 is 13.2 Å². The summed E-state index contributed by atoms with van der Waals surface area (Å²) in [5, 5.41) is 3.00. The van der Waals surface area contributed by atoms with Gasteiger partial charge in [-0.25, -0.2) is 4.98 Å². The van der Waals surface area contributed by atoms with Crippen molar-refractivity contribution in [3.63, 3.8) is 0 Å². The van der Waals surface area contributed by atoms with Gasteiger partial charge in [-0.2, -0.15) is 13.2 Å². The lowest BCUT2D eigenvalue weighted by Gasteiger charge is -2.28. The number of nitrogens with zero attached hydrogens (tertiary/aromatic N) is 2. The van der Waals surface area contributed by atoms with Crippen LogP contribution in [0.15, 0.2) is 29.8 Å². The Kier molecular flexibility index (Phi) is 4.09. The van der Waals surface area contributed by atoms with E-state index in [0.717, 1.165) is 11.5 Å². The average molecular weight is 271 g/mol. The fourth-order valence-electron chi connectivity index (χ4n) is 2.06. The molecule has 0 amide bonds. The summed E-state index contributed by atoms with van der Waals surface area (Å²) in [7, 11) is 1.83. The zero-order valence-corrected chi connectivity index (χ0v) is 10.7. The van der Waals surface area contributed by atoms with Gasteiger partial charge in [0.15, 0.2) is 0 Å². The molecule has 0 unspecified atom stereocenters. The monoisotopic (exact) mass is 271 g/mol. The zero-order chi connectivity index (χ0) is 13.9. The highest BCUT2D eigenvalue weighted by Crippen LogP contribution is 2.31. The lowest BCUT2D eigenvalue weighted by Crippen LogP contribution is -2.32. The van der Waals surface area contributed by atoms with Crippen LogP contribution in [-0.4, -0.2) is 31.3 Å². The predicted octanol–water partition coefficient (Wildman–Crippen LogP) is 2.50. The predicted molar refractivity (Wildman–Crippen MR) is 68.0 cm³/mol. The molecule has 3 nitrogen and oxygen atoms in total. The van der Waals surface area contributed by atoms with E-state index in [2.05, 4.69) is 10.3 Å². The number of hydrogen-bond acceptors (Lipinski definition) is 3.